The summed E-state index contributed by atoms with van der Waals surface area (Å²) in [5.41, 5.74) is 2.16. The molecule has 0 spiro atoms. The predicted octanol–water partition coefficient (Wildman–Crippen LogP) is 3.64. The molecule has 0 saturated carbocycles. The first-order chi connectivity index (χ1) is 10.2. The molecule has 0 bridgehead atoms. The summed E-state index contributed by atoms with van der Waals surface area (Å²) in [6, 6.07) is 14.9. The number of carbonyl (C=O) groups excluding carboxylic acids is 1. The number of nitrogens with one attached hydrogen (secondary N) is 1. The number of pyridine rings is 1. The van der Waals surface area contributed by atoms with E-state index >= 15 is 0 Å². The molecule has 0 radical (unpaired) electrons. The van der Waals surface area contributed by atoms with Crippen LogP contribution in [-0.4, -0.2) is 15.3 Å². The van der Waals surface area contributed by atoms with Crippen LogP contribution in [0.5, 0.6) is 0 Å². The number of fused-ring (bicyclic) bond motifs is 1. The Morgan fingerprint density at radius 1 is 1.14 bits per heavy atom. The molecule has 0 atom stereocenters. The van der Waals surface area contributed by atoms with E-state index < -0.39 is 0 Å². The molecule has 3 rings (SSSR count). The monoisotopic (exact) mass is 297 g/mol. The summed E-state index contributed by atoms with van der Waals surface area (Å²) in [4.78, 5) is 16.1. The Hall–Kier alpha value is -2.59. The van der Waals surface area contributed by atoms with Crippen molar-refractivity contribution < 1.29 is 4.79 Å². The highest BCUT2D eigenvalue weighted by atomic mass is 35.5. The first-order valence-electron chi connectivity index (χ1n) is 6.41. The van der Waals surface area contributed by atoms with E-state index in [9.17, 15) is 4.79 Å². The maximum absolute atomic E-state index is 11.9. The number of para-hydroxylation sites is 1. The van der Waals surface area contributed by atoms with E-state index in [1.807, 2.05) is 59.1 Å². The van der Waals surface area contributed by atoms with Gasteiger partial charge in [-0.2, -0.15) is 0 Å². The van der Waals surface area contributed by atoms with Crippen LogP contribution in [0.1, 0.15) is 5.69 Å². The van der Waals surface area contributed by atoms with Crippen molar-refractivity contribution in [1.82, 2.24) is 9.38 Å². The van der Waals surface area contributed by atoms with Crippen LogP contribution in [0, 0.1) is 0 Å². The number of hydrogen-bond donors (Lipinski definition) is 1. The highest BCUT2D eigenvalue weighted by Gasteiger charge is 2.07. The van der Waals surface area contributed by atoms with E-state index in [4.69, 9.17) is 11.6 Å². The van der Waals surface area contributed by atoms with Gasteiger partial charge in [0.25, 0.3) is 0 Å². The van der Waals surface area contributed by atoms with Crippen LogP contribution in [0.15, 0.2) is 60.8 Å². The van der Waals surface area contributed by atoms with Gasteiger partial charge in [0.1, 0.15) is 5.65 Å². The third-order valence-corrected chi connectivity index (χ3v) is 3.23. The molecule has 5 heteroatoms. The average Bonchev–Trinajstić information content (AvgIpc) is 2.81. The third-order valence-electron chi connectivity index (χ3n) is 2.96. The number of nitrogens with zero attached hydrogens (tertiary/aromatic N) is 2. The zero-order chi connectivity index (χ0) is 14.7. The van der Waals surface area contributed by atoms with E-state index in [1.54, 1.807) is 6.08 Å². The van der Waals surface area contributed by atoms with Gasteiger partial charge >= 0.3 is 0 Å². The van der Waals surface area contributed by atoms with Crippen molar-refractivity contribution in [2.45, 2.75) is 0 Å². The van der Waals surface area contributed by atoms with Gasteiger partial charge in [0.15, 0.2) is 5.15 Å². The molecule has 0 fully saturated rings. The molecule has 0 unspecified atom stereocenters. The largest absolute Gasteiger partial charge is 0.323 e. The lowest BCUT2D eigenvalue weighted by Gasteiger charge is -2.00. The van der Waals surface area contributed by atoms with Crippen LogP contribution in [-0.2, 0) is 4.79 Å². The zero-order valence-electron chi connectivity index (χ0n) is 11.0. The second-order valence-electron chi connectivity index (χ2n) is 4.41. The molecular weight excluding hydrogens is 286 g/mol. The van der Waals surface area contributed by atoms with Crippen molar-refractivity contribution in [3.05, 3.63) is 71.7 Å². The molecule has 2 heterocycles. The maximum Gasteiger partial charge on any atom is 0.248 e. The molecular formula is C16H12ClN3O. The number of carbonyl (C=O) groups is 1. The highest BCUT2D eigenvalue weighted by Crippen LogP contribution is 2.18. The lowest BCUT2D eigenvalue weighted by atomic mass is 10.3. The lowest BCUT2D eigenvalue weighted by Crippen LogP contribution is -2.07. The third kappa shape index (κ3) is 2.95. The van der Waals surface area contributed by atoms with Crippen molar-refractivity contribution in [1.29, 1.82) is 0 Å². The quantitative estimate of drug-likeness (QED) is 0.750. The first kappa shape index (κ1) is 13.4. The zero-order valence-corrected chi connectivity index (χ0v) is 11.8. The summed E-state index contributed by atoms with van der Waals surface area (Å²) >= 11 is 6.10. The van der Waals surface area contributed by atoms with E-state index in [0.29, 0.717) is 10.8 Å². The van der Waals surface area contributed by atoms with Crippen LogP contribution in [0.4, 0.5) is 5.69 Å². The van der Waals surface area contributed by atoms with Gasteiger partial charge in [-0.1, -0.05) is 35.9 Å². The van der Waals surface area contributed by atoms with Crippen molar-refractivity contribution in [2.24, 2.45) is 0 Å². The minimum absolute atomic E-state index is 0.219. The Bertz CT molecular complexity index is 809. The van der Waals surface area contributed by atoms with E-state index in [1.165, 1.54) is 6.08 Å². The molecule has 4 nitrogen and oxygen atoms in total. The summed E-state index contributed by atoms with van der Waals surface area (Å²) in [5, 5.41) is 3.14. The highest BCUT2D eigenvalue weighted by molar-refractivity contribution is 6.31. The number of hydrogen-bond acceptors (Lipinski definition) is 2. The standard InChI is InChI=1S/C16H12ClN3O/c17-16-13(20-11-5-4-8-14(20)19-16)9-10-15(21)18-12-6-2-1-3-7-12/h1-11H,(H,18,21)/b10-9+. The molecule has 104 valence electrons. The maximum atomic E-state index is 11.9. The average molecular weight is 298 g/mol. The van der Waals surface area contributed by atoms with Gasteiger partial charge < -0.3 is 5.32 Å². The normalized spacial score (nSPS) is 11.1. The van der Waals surface area contributed by atoms with Gasteiger partial charge in [-0.25, -0.2) is 4.98 Å². The number of rotatable bonds is 3. The molecule has 0 aliphatic carbocycles. The molecule has 3 aromatic rings. The van der Waals surface area contributed by atoms with E-state index in [-0.39, 0.29) is 5.91 Å². The summed E-state index contributed by atoms with van der Waals surface area (Å²) in [6.45, 7) is 0. The Balaban J connectivity index is 1.81. The lowest BCUT2D eigenvalue weighted by molar-refractivity contribution is -0.111. The molecule has 1 aromatic carbocycles. The van der Waals surface area contributed by atoms with Crippen LogP contribution in [0.2, 0.25) is 5.15 Å². The van der Waals surface area contributed by atoms with E-state index in [2.05, 4.69) is 10.3 Å². The smallest absolute Gasteiger partial charge is 0.248 e. The number of aromatic nitrogens is 2. The molecule has 1 amide bonds. The SMILES string of the molecule is O=C(/C=C/c1c(Cl)nc2ccccn12)Nc1ccccc1. The molecule has 0 aliphatic heterocycles. The summed E-state index contributed by atoms with van der Waals surface area (Å²) < 4.78 is 1.83. The van der Waals surface area contributed by atoms with E-state index in [0.717, 1.165) is 11.3 Å². The summed E-state index contributed by atoms with van der Waals surface area (Å²) in [7, 11) is 0. The van der Waals surface area contributed by atoms with Crippen LogP contribution >= 0.6 is 11.6 Å². The number of halogens is 1. The Labute approximate surface area is 126 Å². The Morgan fingerprint density at radius 2 is 1.90 bits per heavy atom. The van der Waals surface area contributed by atoms with Gasteiger partial charge in [-0.15, -0.1) is 0 Å². The Morgan fingerprint density at radius 3 is 2.71 bits per heavy atom. The van der Waals surface area contributed by atoms with Crippen molar-refractivity contribution in [3.63, 3.8) is 0 Å². The van der Waals surface area contributed by atoms with Crippen LogP contribution in [0.3, 0.4) is 0 Å². The molecule has 21 heavy (non-hydrogen) atoms. The van der Waals surface area contributed by atoms with Gasteiger partial charge in [0.05, 0.1) is 5.69 Å². The second kappa shape index (κ2) is 5.81. The van der Waals surface area contributed by atoms with Gasteiger partial charge in [0, 0.05) is 18.0 Å². The van der Waals surface area contributed by atoms with Gasteiger partial charge in [-0.3, -0.25) is 9.20 Å². The van der Waals surface area contributed by atoms with Crippen LogP contribution < -0.4 is 5.32 Å². The minimum atomic E-state index is -0.219. The van der Waals surface area contributed by atoms with Gasteiger partial charge in [-0.05, 0) is 30.3 Å². The molecule has 1 N–H and O–H groups in total. The van der Waals surface area contributed by atoms with Crippen molar-refractivity contribution in [2.75, 3.05) is 5.32 Å². The fourth-order valence-corrected chi connectivity index (χ4v) is 2.24. The number of benzene rings is 1. The molecule has 2 aromatic heterocycles. The summed E-state index contributed by atoms with van der Waals surface area (Å²) in [5.74, 6) is -0.219. The number of anilines is 1. The van der Waals surface area contributed by atoms with Crippen molar-refractivity contribution >= 4 is 34.9 Å². The van der Waals surface area contributed by atoms with Gasteiger partial charge in [0.2, 0.25) is 5.91 Å². The fourth-order valence-electron chi connectivity index (χ4n) is 2.00. The van der Waals surface area contributed by atoms with Crippen LogP contribution in [0.25, 0.3) is 11.7 Å². The Kier molecular flexibility index (Phi) is 3.71. The first-order valence-corrected chi connectivity index (χ1v) is 6.78. The molecule has 0 aliphatic rings. The fraction of sp³-hybridized carbons (Fsp3) is 0. The summed E-state index contributed by atoms with van der Waals surface area (Å²) in [6.07, 6.45) is 4.94. The predicted molar refractivity (Wildman–Crippen MR) is 84.3 cm³/mol. The second-order valence-corrected chi connectivity index (χ2v) is 4.76. The number of imidazole rings is 1. The number of amides is 1. The minimum Gasteiger partial charge on any atom is -0.323 e. The molecule has 0 saturated heterocycles. The van der Waals surface area contributed by atoms with Crippen molar-refractivity contribution in [3.8, 4) is 0 Å². The topological polar surface area (TPSA) is 46.4 Å².